The highest BCUT2D eigenvalue weighted by Crippen LogP contribution is 2.39. The fourth-order valence-electron chi connectivity index (χ4n) is 4.05. The summed E-state index contributed by atoms with van der Waals surface area (Å²) in [5.74, 6) is -0.564. The molecule has 0 atom stereocenters. The van der Waals surface area contributed by atoms with Gasteiger partial charge < -0.3 is 0 Å². The molecule has 3 aromatic carbocycles. The fraction of sp³-hybridized carbons (Fsp3) is 0.0714. The summed E-state index contributed by atoms with van der Waals surface area (Å²) in [4.78, 5) is 5.65. The van der Waals surface area contributed by atoms with E-state index in [1.165, 1.54) is 35.6 Å². The average molecular weight is 511 g/mol. The second-order valence-corrected chi connectivity index (χ2v) is 9.54. The Morgan fingerprint density at radius 3 is 2.27 bits per heavy atom. The predicted octanol–water partition coefficient (Wildman–Crippen LogP) is 6.56. The lowest BCUT2D eigenvalue weighted by Gasteiger charge is -2.00. The minimum absolute atomic E-state index is 0.277. The van der Waals surface area contributed by atoms with Crippen molar-refractivity contribution in [2.75, 3.05) is 0 Å². The molecule has 37 heavy (non-hydrogen) atoms. The molecule has 3 aromatic heterocycles. The summed E-state index contributed by atoms with van der Waals surface area (Å²) < 4.78 is 30.3. The first-order valence-electron chi connectivity index (χ1n) is 11.6. The molecule has 182 valence electrons. The van der Waals surface area contributed by atoms with Gasteiger partial charge >= 0.3 is 0 Å². The van der Waals surface area contributed by atoms with Crippen LogP contribution in [-0.4, -0.2) is 29.8 Å². The molecule has 3 heterocycles. The van der Waals surface area contributed by atoms with Gasteiger partial charge in [0.2, 0.25) is 0 Å². The molecule has 0 aliphatic carbocycles. The Morgan fingerprint density at radius 1 is 0.838 bits per heavy atom. The van der Waals surface area contributed by atoms with Gasteiger partial charge in [0.1, 0.15) is 28.0 Å². The van der Waals surface area contributed by atoms with Crippen LogP contribution in [-0.2, 0) is 6.54 Å². The van der Waals surface area contributed by atoms with Crippen LogP contribution in [0.2, 0.25) is 0 Å². The molecule has 0 fully saturated rings. The number of aromatic nitrogens is 6. The van der Waals surface area contributed by atoms with Gasteiger partial charge in [-0.25, -0.2) is 23.1 Å². The van der Waals surface area contributed by atoms with Crippen molar-refractivity contribution < 1.29 is 8.78 Å². The lowest BCUT2D eigenvalue weighted by atomic mass is 10.1. The van der Waals surface area contributed by atoms with E-state index >= 15 is 0 Å². The van der Waals surface area contributed by atoms with Crippen molar-refractivity contribution in [3.8, 4) is 38.1 Å². The Hall–Kier alpha value is -4.50. The van der Waals surface area contributed by atoms with E-state index in [-0.39, 0.29) is 11.6 Å². The standard InChI is InChI=1S/C28H20F2N6S/c1-18-27(37-28(31-18)20-9-13-22(30)14-10-20)26-24(16-36(33-26)23-5-3-2-4-6-23)25-17-35(34-32-25)15-19-7-11-21(29)12-8-19/h2-14,16-17H,15H2,1H3. The molecule has 9 heteroatoms. The van der Waals surface area contributed by atoms with Gasteiger partial charge in [0.25, 0.3) is 0 Å². The van der Waals surface area contributed by atoms with Gasteiger partial charge in [0.15, 0.2) is 0 Å². The Balaban J connectivity index is 1.42. The zero-order chi connectivity index (χ0) is 25.4. The van der Waals surface area contributed by atoms with E-state index in [1.807, 2.05) is 54.3 Å². The summed E-state index contributed by atoms with van der Waals surface area (Å²) in [6, 6.07) is 22.5. The maximum absolute atomic E-state index is 13.5. The molecule has 0 radical (unpaired) electrons. The molecular formula is C28H20F2N6S. The van der Waals surface area contributed by atoms with E-state index in [0.717, 1.165) is 43.7 Å². The van der Waals surface area contributed by atoms with Gasteiger partial charge in [-0.15, -0.1) is 16.4 Å². The fourth-order valence-corrected chi connectivity index (χ4v) is 5.12. The molecule has 0 N–H and O–H groups in total. The van der Waals surface area contributed by atoms with Crippen molar-refractivity contribution in [1.82, 2.24) is 29.8 Å². The van der Waals surface area contributed by atoms with Gasteiger partial charge in [0, 0.05) is 11.8 Å². The minimum Gasteiger partial charge on any atom is -0.247 e. The molecule has 6 aromatic rings. The minimum atomic E-state index is -0.287. The molecule has 0 saturated carbocycles. The van der Waals surface area contributed by atoms with Gasteiger partial charge in [-0.2, -0.15) is 5.10 Å². The van der Waals surface area contributed by atoms with Crippen molar-refractivity contribution in [3.63, 3.8) is 0 Å². The Bertz CT molecular complexity index is 1670. The van der Waals surface area contributed by atoms with Crippen molar-refractivity contribution in [1.29, 1.82) is 0 Å². The first-order valence-corrected chi connectivity index (χ1v) is 12.4. The van der Waals surface area contributed by atoms with Crippen LogP contribution in [0.4, 0.5) is 8.78 Å². The Kier molecular flexibility index (Phi) is 5.90. The normalized spacial score (nSPS) is 11.2. The molecule has 0 amide bonds. The Morgan fingerprint density at radius 2 is 1.54 bits per heavy atom. The van der Waals surface area contributed by atoms with Crippen LogP contribution >= 0.6 is 11.3 Å². The number of hydrogen-bond acceptors (Lipinski definition) is 5. The zero-order valence-corrected chi connectivity index (χ0v) is 20.5. The third-order valence-corrected chi connectivity index (χ3v) is 7.12. The monoisotopic (exact) mass is 510 g/mol. The van der Waals surface area contributed by atoms with Crippen molar-refractivity contribution in [2.24, 2.45) is 0 Å². The topological polar surface area (TPSA) is 61.4 Å². The van der Waals surface area contributed by atoms with Crippen molar-refractivity contribution >= 4 is 11.3 Å². The number of rotatable bonds is 6. The second-order valence-electron chi connectivity index (χ2n) is 8.54. The van der Waals surface area contributed by atoms with Crippen LogP contribution in [0.15, 0.2) is 91.3 Å². The molecule has 6 rings (SSSR count). The van der Waals surface area contributed by atoms with E-state index in [0.29, 0.717) is 12.2 Å². The highest BCUT2D eigenvalue weighted by atomic mass is 32.1. The number of halogens is 2. The third kappa shape index (κ3) is 4.68. The predicted molar refractivity (Wildman–Crippen MR) is 139 cm³/mol. The molecule has 6 nitrogen and oxygen atoms in total. The summed E-state index contributed by atoms with van der Waals surface area (Å²) in [6.45, 7) is 2.40. The first-order chi connectivity index (χ1) is 18.0. The quantitative estimate of drug-likeness (QED) is 0.255. The number of para-hydroxylation sites is 1. The molecule has 0 unspecified atom stereocenters. The molecule has 0 saturated heterocycles. The number of hydrogen-bond donors (Lipinski definition) is 0. The number of aryl methyl sites for hydroxylation is 1. The number of benzene rings is 3. The van der Waals surface area contributed by atoms with E-state index in [4.69, 9.17) is 10.1 Å². The largest absolute Gasteiger partial charge is 0.247 e. The van der Waals surface area contributed by atoms with Gasteiger partial charge in [-0.1, -0.05) is 35.5 Å². The van der Waals surface area contributed by atoms with Gasteiger partial charge in [-0.05, 0) is 61.0 Å². The van der Waals surface area contributed by atoms with Crippen LogP contribution < -0.4 is 0 Å². The summed E-state index contributed by atoms with van der Waals surface area (Å²) in [7, 11) is 0. The zero-order valence-electron chi connectivity index (χ0n) is 19.7. The lowest BCUT2D eigenvalue weighted by Crippen LogP contribution is -2.00. The van der Waals surface area contributed by atoms with Crippen LogP contribution in [0, 0.1) is 18.6 Å². The molecular weight excluding hydrogens is 490 g/mol. The average Bonchev–Trinajstić information content (AvgIpc) is 3.65. The van der Waals surface area contributed by atoms with Gasteiger partial charge in [0.05, 0.1) is 34.6 Å². The third-order valence-electron chi connectivity index (χ3n) is 5.91. The smallest absolute Gasteiger partial charge is 0.124 e. The van der Waals surface area contributed by atoms with Crippen molar-refractivity contribution in [2.45, 2.75) is 13.5 Å². The highest BCUT2D eigenvalue weighted by molar-refractivity contribution is 7.18. The first kappa shape index (κ1) is 22.9. The van der Waals surface area contributed by atoms with Crippen LogP contribution in [0.25, 0.3) is 38.1 Å². The van der Waals surface area contributed by atoms with E-state index in [2.05, 4.69) is 10.3 Å². The molecule has 0 aliphatic heterocycles. The van der Waals surface area contributed by atoms with E-state index in [1.54, 1.807) is 28.9 Å². The highest BCUT2D eigenvalue weighted by Gasteiger charge is 2.22. The Labute approximate surface area is 215 Å². The van der Waals surface area contributed by atoms with E-state index < -0.39 is 0 Å². The molecule has 0 bridgehead atoms. The molecule has 0 aliphatic rings. The molecule has 0 spiro atoms. The van der Waals surface area contributed by atoms with Gasteiger partial charge in [-0.3, -0.25) is 0 Å². The van der Waals surface area contributed by atoms with Crippen molar-refractivity contribution in [3.05, 3.63) is 114 Å². The number of nitrogens with zero attached hydrogens (tertiary/aromatic N) is 6. The number of thiazole rings is 1. The van der Waals surface area contributed by atoms with Crippen LogP contribution in [0.3, 0.4) is 0 Å². The summed E-state index contributed by atoms with van der Waals surface area (Å²) in [5, 5.41) is 14.4. The SMILES string of the molecule is Cc1nc(-c2ccc(F)cc2)sc1-c1nn(-c2ccccc2)cc1-c1cn(Cc2ccc(F)cc2)nn1. The summed E-state index contributed by atoms with van der Waals surface area (Å²) >= 11 is 1.50. The second kappa shape index (κ2) is 9.51. The lowest BCUT2D eigenvalue weighted by molar-refractivity contribution is 0.621. The maximum atomic E-state index is 13.5. The van der Waals surface area contributed by atoms with Crippen LogP contribution in [0.1, 0.15) is 11.3 Å². The summed E-state index contributed by atoms with van der Waals surface area (Å²) in [6.07, 6.45) is 3.80. The van der Waals surface area contributed by atoms with E-state index in [9.17, 15) is 8.78 Å². The maximum Gasteiger partial charge on any atom is 0.124 e. The summed E-state index contributed by atoms with van der Waals surface area (Å²) in [5.41, 5.74) is 5.70. The van der Waals surface area contributed by atoms with Crippen LogP contribution in [0.5, 0.6) is 0 Å².